The van der Waals surface area contributed by atoms with Crippen LogP contribution in [0, 0.1) is 0 Å². The topological polar surface area (TPSA) is 149 Å². The summed E-state index contributed by atoms with van der Waals surface area (Å²) >= 11 is 0. The molecule has 0 aliphatic rings. The quantitative estimate of drug-likeness (QED) is 0.472. The number of hydrogen-bond acceptors (Lipinski definition) is 8. The number of sulfone groups is 2. The van der Waals surface area contributed by atoms with Gasteiger partial charge in [0.05, 0.1) is 33.2 Å². The maximum atomic E-state index is 11.2. The molecule has 0 saturated heterocycles. The van der Waals surface area contributed by atoms with E-state index in [2.05, 4.69) is 0 Å². The summed E-state index contributed by atoms with van der Waals surface area (Å²) in [7, 11) is -7.44. The molecule has 0 heterocycles. The molecule has 0 amide bonds. The van der Waals surface area contributed by atoms with E-state index in [-0.39, 0.29) is 47.5 Å². The molecular weight excluding hydrogens is 424 g/mol. The van der Waals surface area contributed by atoms with Crippen LogP contribution in [0.25, 0.3) is 0 Å². The van der Waals surface area contributed by atoms with Gasteiger partial charge in [-0.25, -0.2) is 16.8 Å². The third kappa shape index (κ3) is 9.34. The molecule has 27 heavy (non-hydrogen) atoms. The van der Waals surface area contributed by atoms with Crippen LogP contribution < -0.4 is 10.2 Å². The number of rotatable bonds is 6. The molecule has 0 unspecified atom stereocenters. The molecule has 0 saturated carbocycles. The normalized spacial score (nSPS) is 10.7. The molecule has 0 aliphatic heterocycles. The summed E-state index contributed by atoms with van der Waals surface area (Å²) in [5.74, 6) is -5.14. The molecule has 0 aromatic heterocycles. The second kappa shape index (κ2) is 11.4. The molecule has 0 spiro atoms. The third-order valence-electron chi connectivity index (χ3n) is 2.82. The molecule has 0 atom stereocenters. The van der Waals surface area contributed by atoms with E-state index in [9.17, 15) is 36.6 Å². The molecule has 2 aromatic carbocycles. The second-order valence-electron chi connectivity index (χ2n) is 4.89. The van der Waals surface area contributed by atoms with Crippen molar-refractivity contribution in [3.63, 3.8) is 0 Å². The number of hydrogen-bond donors (Lipinski definition) is 0. The van der Waals surface area contributed by atoms with E-state index in [0.29, 0.717) is 0 Å². The summed E-state index contributed by atoms with van der Waals surface area (Å²) in [6.45, 7) is 0. The van der Waals surface area contributed by atoms with E-state index in [1.54, 1.807) is 12.1 Å². The van der Waals surface area contributed by atoms with Gasteiger partial charge in [-0.1, -0.05) is 36.4 Å². The minimum atomic E-state index is -3.72. The molecule has 140 valence electrons. The number of carboxylic acids is 2. The first-order valence-electron chi connectivity index (χ1n) is 7.00. The molecule has 11 heteroatoms. The minimum Gasteiger partial charge on any atom is -0.549 e. The molecular formula is C16H14CaO8S2. The van der Waals surface area contributed by atoms with Gasteiger partial charge in [-0.2, -0.15) is 0 Å². The Hall–Kier alpha value is -1.46. The Morgan fingerprint density at radius 2 is 0.889 bits per heavy atom. The predicted molar refractivity (Wildman–Crippen MR) is 92.8 cm³/mol. The maximum absolute atomic E-state index is 11.2. The van der Waals surface area contributed by atoms with Gasteiger partial charge in [-0.15, -0.1) is 0 Å². The van der Waals surface area contributed by atoms with Crippen LogP contribution in [0.2, 0.25) is 0 Å². The monoisotopic (exact) mass is 438 g/mol. The number of carbonyl (C=O) groups excluding carboxylic acids is 2. The molecule has 0 N–H and O–H groups in total. The van der Waals surface area contributed by atoms with Crippen LogP contribution in [0.3, 0.4) is 0 Å². The minimum absolute atomic E-state index is 0. The zero-order chi connectivity index (χ0) is 19.8. The van der Waals surface area contributed by atoms with Crippen LogP contribution in [-0.4, -0.2) is 78.0 Å². The van der Waals surface area contributed by atoms with Gasteiger partial charge >= 0.3 is 37.7 Å². The Balaban J connectivity index is 0.000000483. The van der Waals surface area contributed by atoms with Crippen molar-refractivity contribution in [1.82, 2.24) is 0 Å². The van der Waals surface area contributed by atoms with Gasteiger partial charge in [0.15, 0.2) is 19.7 Å². The Morgan fingerprint density at radius 3 is 1.11 bits per heavy atom. The Labute approximate surface area is 186 Å². The fraction of sp³-hybridized carbons (Fsp3) is 0.125. The van der Waals surface area contributed by atoms with Crippen molar-refractivity contribution in [2.45, 2.75) is 9.79 Å². The van der Waals surface area contributed by atoms with Crippen LogP contribution in [0.4, 0.5) is 0 Å². The van der Waals surface area contributed by atoms with E-state index < -0.39 is 43.1 Å². The third-order valence-corrected chi connectivity index (χ3v) is 6.03. The average Bonchev–Trinajstić information content (AvgIpc) is 2.55. The summed E-state index contributed by atoms with van der Waals surface area (Å²) in [5, 5.41) is 20.2. The molecule has 2 rings (SSSR count). The first-order valence-corrected chi connectivity index (χ1v) is 10.3. The van der Waals surface area contributed by atoms with Crippen LogP contribution in [0.5, 0.6) is 0 Å². The fourth-order valence-electron chi connectivity index (χ4n) is 1.73. The molecule has 0 fully saturated rings. The van der Waals surface area contributed by atoms with Gasteiger partial charge in [0.25, 0.3) is 0 Å². The summed E-state index contributed by atoms with van der Waals surface area (Å²) in [5.41, 5.74) is 0. The van der Waals surface area contributed by atoms with E-state index >= 15 is 0 Å². The van der Waals surface area contributed by atoms with Crippen LogP contribution >= 0.6 is 0 Å². The van der Waals surface area contributed by atoms with Crippen molar-refractivity contribution < 1.29 is 36.6 Å². The van der Waals surface area contributed by atoms with Gasteiger partial charge in [-0.05, 0) is 24.3 Å². The Bertz CT molecular complexity index is 874. The number of benzene rings is 2. The Morgan fingerprint density at radius 1 is 0.630 bits per heavy atom. The summed E-state index contributed by atoms with van der Waals surface area (Å²) < 4.78 is 44.9. The van der Waals surface area contributed by atoms with Crippen LogP contribution in [0.1, 0.15) is 0 Å². The van der Waals surface area contributed by atoms with Crippen molar-refractivity contribution in [3.8, 4) is 0 Å². The summed E-state index contributed by atoms with van der Waals surface area (Å²) in [6.07, 6.45) is 0. The van der Waals surface area contributed by atoms with Gasteiger partial charge in [0, 0.05) is 0 Å². The van der Waals surface area contributed by atoms with Crippen molar-refractivity contribution >= 4 is 69.4 Å². The fourth-order valence-corrected chi connectivity index (χ4v) is 3.83. The number of carbonyl (C=O) groups is 2. The average molecular weight is 438 g/mol. The SMILES string of the molecule is O=C([O-])CS(=O)(=O)c1ccccc1.O=C([O-])CS(=O)(=O)c1ccccc1.[Ca+2]. The first-order chi connectivity index (χ1) is 12.0. The molecule has 8 nitrogen and oxygen atoms in total. The number of aliphatic carboxylic acids is 2. The zero-order valence-corrected chi connectivity index (χ0v) is 17.8. The zero-order valence-electron chi connectivity index (χ0n) is 14.0. The predicted octanol–water partition coefficient (Wildman–Crippen LogP) is -1.96. The van der Waals surface area contributed by atoms with E-state index in [0.717, 1.165) is 0 Å². The first kappa shape index (κ1) is 25.5. The second-order valence-corrected chi connectivity index (χ2v) is 8.87. The van der Waals surface area contributed by atoms with Gasteiger partial charge in [-0.3, -0.25) is 0 Å². The van der Waals surface area contributed by atoms with E-state index in [1.165, 1.54) is 48.5 Å². The molecule has 0 aliphatic carbocycles. The molecule has 2 aromatic rings. The maximum Gasteiger partial charge on any atom is 2.00 e. The van der Waals surface area contributed by atoms with Crippen molar-refractivity contribution in [2.75, 3.05) is 11.5 Å². The Kier molecular flexibility index (Phi) is 10.8. The summed E-state index contributed by atoms with van der Waals surface area (Å²) in [4.78, 5) is 20.2. The largest absolute Gasteiger partial charge is 2.00 e. The number of carboxylic acid groups (broad SMARTS) is 2. The van der Waals surface area contributed by atoms with Gasteiger partial charge in [0.1, 0.15) is 0 Å². The van der Waals surface area contributed by atoms with Crippen molar-refractivity contribution in [2.24, 2.45) is 0 Å². The van der Waals surface area contributed by atoms with Crippen molar-refractivity contribution in [3.05, 3.63) is 60.7 Å². The standard InChI is InChI=1S/2C8H8O4S.Ca/c2*9-8(10)6-13(11,12)7-4-2-1-3-5-7;/h2*1-5H,6H2,(H,9,10);/q;;+2/p-2. The van der Waals surface area contributed by atoms with Crippen LogP contribution in [-0.2, 0) is 29.3 Å². The van der Waals surface area contributed by atoms with E-state index in [1.807, 2.05) is 0 Å². The van der Waals surface area contributed by atoms with Crippen LogP contribution in [0.15, 0.2) is 70.5 Å². The van der Waals surface area contributed by atoms with Crippen molar-refractivity contribution in [1.29, 1.82) is 0 Å². The van der Waals surface area contributed by atoms with Gasteiger partial charge < -0.3 is 19.8 Å². The summed E-state index contributed by atoms with van der Waals surface area (Å²) in [6, 6.07) is 14.8. The molecule has 0 bridgehead atoms. The molecule has 0 radical (unpaired) electrons. The smallest absolute Gasteiger partial charge is 0.549 e. The van der Waals surface area contributed by atoms with E-state index in [4.69, 9.17) is 0 Å². The van der Waals surface area contributed by atoms with Gasteiger partial charge in [0.2, 0.25) is 0 Å².